The molecule has 0 aliphatic heterocycles. The van der Waals surface area contributed by atoms with Crippen LogP contribution < -0.4 is 5.32 Å². The van der Waals surface area contributed by atoms with Crippen molar-refractivity contribution in [2.75, 3.05) is 46.2 Å². The van der Waals surface area contributed by atoms with Crippen LogP contribution in [0.2, 0.25) is 6.04 Å². The monoisotopic (exact) mass is 915 g/mol. The molecule has 0 bridgehead atoms. The Morgan fingerprint density at radius 1 is 0.576 bits per heavy atom. The van der Waals surface area contributed by atoms with Crippen LogP contribution in [-0.2, 0) is 61.1 Å². The van der Waals surface area contributed by atoms with Gasteiger partial charge in [0.15, 0.2) is 10.2 Å². The first-order chi connectivity index (χ1) is 27.8. The fraction of sp³-hybridized carbons (Fsp3) is 0.789. The highest BCUT2D eigenvalue weighted by Crippen LogP contribution is 2.28. The van der Waals surface area contributed by atoms with Crippen molar-refractivity contribution in [3.63, 3.8) is 0 Å². The first kappa shape index (κ1) is 56.3. The predicted molar refractivity (Wildman–Crippen MR) is 227 cm³/mol. The molecule has 0 aromatic carbocycles. The summed E-state index contributed by atoms with van der Waals surface area (Å²) in [7, 11) is -2.85. The summed E-state index contributed by atoms with van der Waals surface area (Å²) in [6.07, 6.45) is 0.569. The van der Waals surface area contributed by atoms with Crippen molar-refractivity contribution in [3.05, 3.63) is 0 Å². The summed E-state index contributed by atoms with van der Waals surface area (Å²) in [5.74, 6) is -3.94. The highest BCUT2D eigenvalue weighted by atomic mass is 32.2. The van der Waals surface area contributed by atoms with Gasteiger partial charge in [-0.3, -0.25) is 38.4 Å². The van der Waals surface area contributed by atoms with Gasteiger partial charge >= 0.3 is 38.7 Å². The topological polar surface area (TPSA) is 244 Å². The minimum absolute atomic E-state index is 0.0462. The lowest BCUT2D eigenvalue weighted by atomic mass is 9.88. The van der Waals surface area contributed by atoms with Crippen LogP contribution >= 0.6 is 35.3 Å². The summed E-state index contributed by atoms with van der Waals surface area (Å²) in [5, 5.41) is 18.2. The quantitative estimate of drug-likeness (QED) is 0.0279. The van der Waals surface area contributed by atoms with Crippen molar-refractivity contribution in [2.45, 2.75) is 141 Å². The van der Waals surface area contributed by atoms with Crippen molar-refractivity contribution >= 4 is 89.4 Å². The third-order valence-electron chi connectivity index (χ3n) is 8.27. The molecule has 3 N–H and O–H groups in total. The normalized spacial score (nSPS) is 13.9. The number of aliphatic carboxylic acids is 2. The second kappa shape index (κ2) is 32.1. The molecule has 1 amide bonds. The van der Waals surface area contributed by atoms with Crippen molar-refractivity contribution in [3.8, 4) is 0 Å². The Kier molecular flexibility index (Phi) is 30.6. The Balaban J connectivity index is 5.41. The van der Waals surface area contributed by atoms with E-state index in [1.807, 2.05) is 20.8 Å². The largest absolute Gasteiger partial charge is 0.500 e. The number of esters is 3. The highest BCUT2D eigenvalue weighted by Gasteiger charge is 2.40. The van der Waals surface area contributed by atoms with Gasteiger partial charge in [-0.2, -0.15) is 0 Å². The zero-order chi connectivity index (χ0) is 44.9. The van der Waals surface area contributed by atoms with Crippen molar-refractivity contribution in [2.24, 2.45) is 5.41 Å². The van der Waals surface area contributed by atoms with Crippen LogP contribution in [0.5, 0.6) is 0 Å². The fourth-order valence-corrected chi connectivity index (χ4v) is 10.4. The van der Waals surface area contributed by atoms with Crippen molar-refractivity contribution in [1.29, 1.82) is 0 Å². The summed E-state index contributed by atoms with van der Waals surface area (Å²) in [6.45, 7) is 13.2. The maximum absolute atomic E-state index is 13.0. The minimum atomic E-state index is -2.85. The first-order valence-corrected chi connectivity index (χ1v) is 24.6. The van der Waals surface area contributed by atoms with E-state index in [1.165, 1.54) is 0 Å². The zero-order valence-corrected chi connectivity index (χ0v) is 39.0. The fourth-order valence-electron chi connectivity index (χ4n) is 5.19. The zero-order valence-electron chi connectivity index (χ0n) is 35.5. The molecule has 0 aromatic heterocycles. The van der Waals surface area contributed by atoms with Crippen LogP contribution in [0.25, 0.3) is 0 Å². The van der Waals surface area contributed by atoms with Crippen LogP contribution in [0.1, 0.15) is 119 Å². The van der Waals surface area contributed by atoms with E-state index in [1.54, 1.807) is 27.7 Å². The molecule has 0 spiro atoms. The molecule has 0 saturated heterocycles. The number of hydrogen-bond acceptors (Lipinski definition) is 17. The van der Waals surface area contributed by atoms with E-state index in [2.05, 4.69) is 5.32 Å². The number of ether oxygens (including phenoxy) is 3. The Labute approximate surface area is 361 Å². The summed E-state index contributed by atoms with van der Waals surface area (Å²) in [4.78, 5) is 97.3. The van der Waals surface area contributed by atoms with E-state index in [-0.39, 0.29) is 99.5 Å². The summed E-state index contributed by atoms with van der Waals surface area (Å²) in [5.41, 5.74) is -1.16. The number of carbonyl (C=O) groups excluding carboxylic acids is 6. The number of carboxylic acids is 2. The molecule has 3 atom stereocenters. The molecule has 21 heteroatoms. The third-order valence-corrected chi connectivity index (χ3v) is 14.4. The molecule has 59 heavy (non-hydrogen) atoms. The SMILES string of the molecule is CCO[Si](CCCNC(=O)SC(C)CC(=O)OCC(CC)(COC(=O)CC(C)SC(=O)CCCC(=O)O)COC(=O)CC(C)SC(=O)CCCC(=O)O)(OCC)OCC. The number of nitrogens with one attached hydrogen (secondary N) is 1. The number of rotatable bonds is 34. The van der Waals surface area contributed by atoms with Crippen LogP contribution in [0.15, 0.2) is 0 Å². The number of hydrogen-bond donors (Lipinski definition) is 3. The molecular weight excluding hydrogens is 851 g/mol. The smallest absolute Gasteiger partial charge is 0.481 e. The predicted octanol–water partition coefficient (Wildman–Crippen LogP) is 6.26. The summed E-state index contributed by atoms with van der Waals surface area (Å²) >= 11 is 2.77. The van der Waals surface area contributed by atoms with Crippen molar-refractivity contribution in [1.82, 2.24) is 5.32 Å². The van der Waals surface area contributed by atoms with Crippen LogP contribution in [0.3, 0.4) is 0 Å². The standard InChI is InChI=1S/C38H65NO16S3Si/c1-8-38(24-50-32(44)21-27(5)56-35(47)17-12-15-30(40)41,25-51-33(45)22-28(6)57-36(48)18-13-16-31(42)43)26-52-34(46)23-29(7)58-37(49)39-19-14-20-59(53-9-2,54-10-3)55-11-4/h27-29H,8-26H2,1-7H3,(H,39,49)(H,40,41)(H,42,43). The van der Waals surface area contributed by atoms with Gasteiger partial charge in [-0.05, 0) is 46.5 Å². The Morgan fingerprint density at radius 3 is 1.29 bits per heavy atom. The molecule has 3 unspecified atom stereocenters. The molecule has 17 nitrogen and oxygen atoms in total. The second-order valence-electron chi connectivity index (χ2n) is 13.8. The Bertz CT molecular complexity index is 1260. The molecule has 0 aromatic rings. The number of amides is 1. The summed E-state index contributed by atoms with van der Waals surface area (Å²) < 4.78 is 34.3. The van der Waals surface area contributed by atoms with Crippen molar-refractivity contribution < 1.29 is 76.1 Å². The Hall–Kier alpha value is -2.69. The van der Waals surface area contributed by atoms with E-state index in [0.29, 0.717) is 38.8 Å². The van der Waals surface area contributed by atoms with Crippen LogP contribution in [0.4, 0.5) is 4.79 Å². The van der Waals surface area contributed by atoms with E-state index >= 15 is 0 Å². The summed E-state index contributed by atoms with van der Waals surface area (Å²) in [6, 6.07) is 0.529. The van der Waals surface area contributed by atoms with Gasteiger partial charge in [0.2, 0.25) is 0 Å². The lowest BCUT2D eigenvalue weighted by Gasteiger charge is -2.31. The van der Waals surface area contributed by atoms with Gasteiger partial charge in [-0.25, -0.2) is 0 Å². The molecular formula is C38H65NO16S3Si. The lowest BCUT2D eigenvalue weighted by Crippen LogP contribution is -2.46. The first-order valence-electron chi connectivity index (χ1n) is 20.0. The number of thioether (sulfide) groups is 3. The highest BCUT2D eigenvalue weighted by molar-refractivity contribution is 8.14. The molecule has 0 aliphatic rings. The molecule has 0 heterocycles. The van der Waals surface area contributed by atoms with E-state index in [0.717, 1.165) is 35.3 Å². The van der Waals surface area contributed by atoms with Gasteiger partial charge in [-0.15, -0.1) is 0 Å². The molecule has 0 radical (unpaired) electrons. The molecule has 0 rings (SSSR count). The third kappa shape index (κ3) is 28.5. The maximum atomic E-state index is 13.0. The number of carboxylic acid groups (broad SMARTS) is 2. The van der Waals surface area contributed by atoms with E-state index < -0.39 is 59.8 Å². The average Bonchev–Trinajstić information content (AvgIpc) is 3.13. The molecule has 0 saturated carbocycles. The molecule has 340 valence electrons. The van der Waals surface area contributed by atoms with Gasteiger partial charge in [0.25, 0.3) is 5.24 Å². The van der Waals surface area contributed by atoms with Gasteiger partial charge in [0.1, 0.15) is 19.8 Å². The molecule has 0 fully saturated rings. The van der Waals surface area contributed by atoms with Gasteiger partial charge in [0, 0.05) is 73.8 Å². The van der Waals surface area contributed by atoms with Gasteiger partial charge in [-0.1, -0.05) is 63.0 Å². The van der Waals surface area contributed by atoms with E-state index in [4.69, 9.17) is 37.7 Å². The minimum Gasteiger partial charge on any atom is -0.481 e. The second-order valence-corrected chi connectivity index (χ2v) is 20.9. The maximum Gasteiger partial charge on any atom is 0.500 e. The molecule has 0 aliphatic carbocycles. The number of carbonyl (C=O) groups is 8. The average molecular weight is 916 g/mol. The van der Waals surface area contributed by atoms with Crippen LogP contribution in [0, 0.1) is 5.41 Å². The Morgan fingerprint density at radius 2 is 0.949 bits per heavy atom. The van der Waals surface area contributed by atoms with Crippen LogP contribution in [-0.4, -0.2) is 126 Å². The van der Waals surface area contributed by atoms with Gasteiger partial charge < -0.3 is 43.0 Å². The van der Waals surface area contributed by atoms with Gasteiger partial charge in [0.05, 0.1) is 24.7 Å². The lowest BCUT2D eigenvalue weighted by molar-refractivity contribution is -0.162. The van der Waals surface area contributed by atoms with E-state index in [9.17, 15) is 38.4 Å².